The summed E-state index contributed by atoms with van der Waals surface area (Å²) in [7, 11) is 1.66. The summed E-state index contributed by atoms with van der Waals surface area (Å²) in [6.07, 6.45) is 3.45. The first-order valence-corrected chi connectivity index (χ1v) is 10.0. The van der Waals surface area contributed by atoms with Crippen LogP contribution in [0.25, 0.3) is 21.8 Å². The number of amides is 1. The van der Waals surface area contributed by atoms with Gasteiger partial charge in [0.05, 0.1) is 34.8 Å². The van der Waals surface area contributed by atoms with Crippen LogP contribution in [-0.4, -0.2) is 65.1 Å². The molecule has 0 unspecified atom stereocenters. The highest BCUT2D eigenvalue weighted by Gasteiger charge is 2.32. The average Bonchev–Trinajstić information content (AvgIpc) is 3.13. The fraction of sp³-hybridized carbons (Fsp3) is 0.476. The topological polar surface area (TPSA) is 89.5 Å². The molecule has 5 rings (SSSR count). The van der Waals surface area contributed by atoms with Crippen molar-refractivity contribution in [3.05, 3.63) is 39.8 Å². The Hall–Kier alpha value is -2.71. The molecule has 0 saturated carbocycles. The van der Waals surface area contributed by atoms with E-state index in [0.717, 1.165) is 34.8 Å². The molecule has 29 heavy (non-hydrogen) atoms. The molecule has 2 aliphatic heterocycles. The lowest BCUT2D eigenvalue weighted by Gasteiger charge is -2.38. The number of hydrogen-bond donors (Lipinski definition) is 1. The van der Waals surface area contributed by atoms with Crippen LogP contribution in [0, 0.1) is 6.92 Å². The second kappa shape index (κ2) is 6.96. The van der Waals surface area contributed by atoms with Gasteiger partial charge < -0.3 is 19.4 Å². The maximum Gasteiger partial charge on any atom is 0.259 e. The number of carbonyl (C=O) groups excluding carboxylic acids is 1. The second-order valence-corrected chi connectivity index (χ2v) is 7.93. The van der Waals surface area contributed by atoms with Gasteiger partial charge in [-0.05, 0) is 37.5 Å². The van der Waals surface area contributed by atoms with Crippen LogP contribution >= 0.6 is 0 Å². The number of methoxy groups -OCH3 is 1. The van der Waals surface area contributed by atoms with Crippen LogP contribution < -0.4 is 5.56 Å². The van der Waals surface area contributed by atoms with Gasteiger partial charge in [-0.3, -0.25) is 14.3 Å². The van der Waals surface area contributed by atoms with E-state index < -0.39 is 0 Å². The van der Waals surface area contributed by atoms with Crippen molar-refractivity contribution in [3.63, 3.8) is 0 Å². The zero-order chi connectivity index (χ0) is 20.1. The molecule has 4 heterocycles. The normalized spacial score (nSPS) is 18.5. The lowest BCUT2D eigenvalue weighted by Crippen LogP contribution is -2.54. The van der Waals surface area contributed by atoms with Gasteiger partial charge in [0.2, 0.25) is 0 Å². The van der Waals surface area contributed by atoms with Gasteiger partial charge in [-0.25, -0.2) is 0 Å². The third-order valence-corrected chi connectivity index (χ3v) is 6.14. The van der Waals surface area contributed by atoms with E-state index in [2.05, 4.69) is 10.1 Å². The fourth-order valence-corrected chi connectivity index (χ4v) is 4.35. The van der Waals surface area contributed by atoms with Crippen LogP contribution in [0.3, 0.4) is 0 Å². The molecule has 2 aliphatic rings. The first-order chi connectivity index (χ1) is 14.1. The number of carbonyl (C=O) groups is 1. The number of pyridine rings is 1. The highest BCUT2D eigenvalue weighted by molar-refractivity contribution is 6.07. The van der Waals surface area contributed by atoms with Gasteiger partial charge in [-0.2, -0.15) is 5.10 Å². The second-order valence-electron chi connectivity index (χ2n) is 7.93. The zero-order valence-electron chi connectivity index (χ0n) is 16.6. The summed E-state index contributed by atoms with van der Waals surface area (Å²) in [6, 6.07) is 3.98. The molecule has 1 aromatic carbocycles. The summed E-state index contributed by atoms with van der Waals surface area (Å²) in [5.74, 6) is -0.00539. The number of hydrogen-bond acceptors (Lipinski definition) is 5. The third-order valence-electron chi connectivity index (χ3n) is 6.14. The Balaban J connectivity index is 1.66. The maximum atomic E-state index is 13.0. The van der Waals surface area contributed by atoms with Crippen molar-refractivity contribution in [2.24, 2.45) is 0 Å². The summed E-state index contributed by atoms with van der Waals surface area (Å²) in [5, 5.41) is 5.94. The van der Waals surface area contributed by atoms with Crippen molar-refractivity contribution in [2.45, 2.75) is 31.9 Å². The molecule has 0 atom stereocenters. The Kier molecular flexibility index (Phi) is 4.40. The fourth-order valence-electron chi connectivity index (χ4n) is 4.35. The smallest absolute Gasteiger partial charge is 0.259 e. The number of H-pyrrole nitrogens is 1. The SMILES string of the molecule is COC1CN(C(=O)c2cc3c(cc2C)[nH]c(=O)c2cnn(C4CCOCC4)c23)C1. The van der Waals surface area contributed by atoms with Crippen LogP contribution in [0.4, 0.5) is 0 Å². The zero-order valence-corrected chi connectivity index (χ0v) is 16.6. The number of nitrogens with zero attached hydrogens (tertiary/aromatic N) is 3. The predicted octanol–water partition coefficient (Wildman–Crippen LogP) is 2.01. The van der Waals surface area contributed by atoms with Gasteiger partial charge >= 0.3 is 0 Å². The minimum atomic E-state index is -0.157. The number of ether oxygens (including phenoxy) is 2. The molecule has 1 N–H and O–H groups in total. The lowest BCUT2D eigenvalue weighted by molar-refractivity contribution is -0.0192. The van der Waals surface area contributed by atoms with E-state index in [0.29, 0.717) is 37.3 Å². The van der Waals surface area contributed by atoms with E-state index in [-0.39, 0.29) is 23.6 Å². The number of benzene rings is 1. The van der Waals surface area contributed by atoms with E-state index in [9.17, 15) is 9.59 Å². The monoisotopic (exact) mass is 396 g/mol. The van der Waals surface area contributed by atoms with Crippen LogP contribution in [0.1, 0.15) is 34.8 Å². The van der Waals surface area contributed by atoms with Crippen molar-refractivity contribution in [3.8, 4) is 0 Å². The first kappa shape index (κ1) is 18.3. The summed E-state index contributed by atoms with van der Waals surface area (Å²) < 4.78 is 12.7. The minimum absolute atomic E-state index is 0.00539. The van der Waals surface area contributed by atoms with Crippen LogP contribution in [-0.2, 0) is 9.47 Å². The molecule has 2 saturated heterocycles. The Morgan fingerprint density at radius 3 is 2.72 bits per heavy atom. The number of likely N-dealkylation sites (tertiary alicyclic amines) is 1. The Morgan fingerprint density at radius 2 is 2.00 bits per heavy atom. The molecule has 3 aromatic rings. The van der Waals surface area contributed by atoms with E-state index in [1.807, 2.05) is 23.7 Å². The number of aryl methyl sites for hydroxylation is 1. The average molecular weight is 396 g/mol. The first-order valence-electron chi connectivity index (χ1n) is 10.0. The predicted molar refractivity (Wildman–Crippen MR) is 108 cm³/mol. The van der Waals surface area contributed by atoms with Gasteiger partial charge in [-0.1, -0.05) is 0 Å². The van der Waals surface area contributed by atoms with Gasteiger partial charge in [0, 0.05) is 44.4 Å². The molecule has 0 radical (unpaired) electrons. The molecule has 2 fully saturated rings. The molecule has 2 aromatic heterocycles. The van der Waals surface area contributed by atoms with Crippen LogP contribution in [0.5, 0.6) is 0 Å². The van der Waals surface area contributed by atoms with Gasteiger partial charge in [0.25, 0.3) is 11.5 Å². The minimum Gasteiger partial charge on any atom is -0.381 e. The molecule has 0 aliphatic carbocycles. The number of rotatable bonds is 3. The highest BCUT2D eigenvalue weighted by atomic mass is 16.5. The molecule has 0 spiro atoms. The van der Waals surface area contributed by atoms with E-state index in [1.165, 1.54) is 0 Å². The largest absolute Gasteiger partial charge is 0.381 e. The Bertz CT molecular complexity index is 1150. The third kappa shape index (κ3) is 2.94. The molecule has 1 amide bonds. The van der Waals surface area contributed by atoms with E-state index >= 15 is 0 Å². The summed E-state index contributed by atoms with van der Waals surface area (Å²) in [5.41, 5.74) is 2.86. The molecular formula is C21H24N4O4. The summed E-state index contributed by atoms with van der Waals surface area (Å²) in [4.78, 5) is 30.4. The quantitative estimate of drug-likeness (QED) is 0.732. The van der Waals surface area contributed by atoms with Crippen molar-refractivity contribution in [1.82, 2.24) is 19.7 Å². The molecule has 8 heteroatoms. The Morgan fingerprint density at radius 1 is 1.24 bits per heavy atom. The van der Waals surface area contributed by atoms with Crippen LogP contribution in [0.2, 0.25) is 0 Å². The van der Waals surface area contributed by atoms with Crippen LogP contribution in [0.15, 0.2) is 23.1 Å². The van der Waals surface area contributed by atoms with Gasteiger partial charge in [-0.15, -0.1) is 0 Å². The highest BCUT2D eigenvalue weighted by Crippen LogP contribution is 2.30. The number of nitrogens with one attached hydrogen (secondary N) is 1. The number of fused-ring (bicyclic) bond motifs is 3. The van der Waals surface area contributed by atoms with Crippen molar-refractivity contribution in [2.75, 3.05) is 33.4 Å². The summed E-state index contributed by atoms with van der Waals surface area (Å²) in [6.45, 7) is 4.48. The van der Waals surface area contributed by atoms with Crippen molar-refractivity contribution >= 4 is 27.7 Å². The molecular weight excluding hydrogens is 372 g/mol. The van der Waals surface area contributed by atoms with Gasteiger partial charge in [0.1, 0.15) is 0 Å². The lowest BCUT2D eigenvalue weighted by atomic mass is 10.0. The molecule has 152 valence electrons. The van der Waals surface area contributed by atoms with E-state index in [1.54, 1.807) is 18.2 Å². The standard InChI is InChI=1S/C21H24N4O4/c1-12-7-18-16(8-15(12)21(27)24-10-14(11-24)28-2)19-17(20(26)23-18)9-22-25(19)13-3-5-29-6-4-13/h7-9,13-14H,3-6,10-11H2,1-2H3,(H,23,26). The molecule has 8 nitrogen and oxygen atoms in total. The van der Waals surface area contributed by atoms with Crippen molar-refractivity contribution in [1.29, 1.82) is 0 Å². The Labute approximate surface area is 167 Å². The van der Waals surface area contributed by atoms with Gasteiger partial charge in [0.15, 0.2) is 0 Å². The summed E-state index contributed by atoms with van der Waals surface area (Å²) >= 11 is 0. The maximum absolute atomic E-state index is 13.0. The number of aromatic amines is 1. The van der Waals surface area contributed by atoms with Crippen molar-refractivity contribution < 1.29 is 14.3 Å². The van der Waals surface area contributed by atoms with E-state index in [4.69, 9.17) is 9.47 Å². The molecule has 0 bridgehead atoms. The number of aromatic nitrogens is 3.